The van der Waals surface area contributed by atoms with Crippen LogP contribution in [0.1, 0.15) is 5.56 Å². The average Bonchev–Trinajstić information content (AvgIpc) is 2.84. The molecule has 0 fully saturated rings. The Morgan fingerprint density at radius 1 is 1.00 bits per heavy atom. The highest BCUT2D eigenvalue weighted by molar-refractivity contribution is 8.01. The minimum Gasteiger partial charge on any atom is -0.383 e. The zero-order chi connectivity index (χ0) is 16.0. The van der Waals surface area contributed by atoms with Crippen molar-refractivity contribution < 1.29 is 0 Å². The summed E-state index contributed by atoms with van der Waals surface area (Å²) in [5, 5.41) is 3.39. The Labute approximate surface area is 141 Å². The maximum absolute atomic E-state index is 6.02. The largest absolute Gasteiger partial charge is 0.383 e. The van der Waals surface area contributed by atoms with Gasteiger partial charge in [-0.15, -0.1) is 11.3 Å². The van der Waals surface area contributed by atoms with Crippen LogP contribution in [0, 0.1) is 6.92 Å². The minimum atomic E-state index is 0.220. The van der Waals surface area contributed by atoms with Crippen molar-refractivity contribution in [3.8, 4) is 0 Å². The van der Waals surface area contributed by atoms with Gasteiger partial charge in [0, 0.05) is 4.90 Å². The number of benzene rings is 2. The molecule has 0 atom stereocenters. The number of fused-ring (bicyclic) bond motifs is 2. The molecule has 114 valence electrons. The van der Waals surface area contributed by atoms with Crippen molar-refractivity contribution in [2.45, 2.75) is 16.0 Å². The van der Waals surface area contributed by atoms with Gasteiger partial charge in [0.25, 0.3) is 0 Å². The number of nitrogen functional groups attached to an aromatic ring is 2. The number of anilines is 2. The maximum Gasteiger partial charge on any atom is 0.223 e. The van der Waals surface area contributed by atoms with Crippen LogP contribution in [0.15, 0.2) is 51.6 Å². The molecule has 2 heterocycles. The first-order valence-electron chi connectivity index (χ1n) is 7.11. The van der Waals surface area contributed by atoms with E-state index in [-0.39, 0.29) is 5.95 Å². The number of nitrogens with two attached hydrogens (primary N) is 2. The van der Waals surface area contributed by atoms with Crippen LogP contribution < -0.4 is 11.5 Å². The maximum atomic E-state index is 6.02. The Balaban J connectivity index is 1.87. The molecular formula is C17H14N4S2. The summed E-state index contributed by atoms with van der Waals surface area (Å²) in [5.74, 6) is 0.670. The van der Waals surface area contributed by atoms with Crippen molar-refractivity contribution in [3.63, 3.8) is 0 Å². The quantitative estimate of drug-likeness (QED) is 0.564. The van der Waals surface area contributed by atoms with Crippen LogP contribution in [0.2, 0.25) is 0 Å². The lowest BCUT2D eigenvalue weighted by Crippen LogP contribution is -1.99. The fourth-order valence-corrected chi connectivity index (χ4v) is 5.15. The van der Waals surface area contributed by atoms with Crippen molar-refractivity contribution in [2.75, 3.05) is 11.5 Å². The Morgan fingerprint density at radius 2 is 1.78 bits per heavy atom. The summed E-state index contributed by atoms with van der Waals surface area (Å²) in [5.41, 5.74) is 12.8. The van der Waals surface area contributed by atoms with Gasteiger partial charge in [0.05, 0.1) is 9.60 Å². The lowest BCUT2D eigenvalue weighted by atomic mass is 10.1. The van der Waals surface area contributed by atoms with Crippen LogP contribution in [-0.4, -0.2) is 9.97 Å². The molecule has 4 rings (SSSR count). The lowest BCUT2D eigenvalue weighted by Gasteiger charge is -2.05. The molecule has 23 heavy (non-hydrogen) atoms. The zero-order valence-electron chi connectivity index (χ0n) is 12.4. The summed E-state index contributed by atoms with van der Waals surface area (Å²) < 4.78 is 1.17. The van der Waals surface area contributed by atoms with Gasteiger partial charge in [-0.05, 0) is 29.3 Å². The molecule has 0 radical (unpaired) electrons. The van der Waals surface area contributed by atoms with E-state index in [9.17, 15) is 0 Å². The molecule has 4 N–H and O–H groups in total. The first-order valence-corrected chi connectivity index (χ1v) is 8.74. The van der Waals surface area contributed by atoms with Crippen molar-refractivity contribution in [1.82, 2.24) is 9.97 Å². The van der Waals surface area contributed by atoms with Gasteiger partial charge in [0.15, 0.2) is 0 Å². The zero-order valence-corrected chi connectivity index (χ0v) is 14.0. The summed E-state index contributed by atoms with van der Waals surface area (Å²) >= 11 is 3.35. The third kappa shape index (κ3) is 2.40. The fourth-order valence-electron chi connectivity index (χ4n) is 2.65. The summed E-state index contributed by atoms with van der Waals surface area (Å²) in [6.45, 7) is 2.06. The van der Waals surface area contributed by atoms with Crippen LogP contribution in [0.4, 0.5) is 11.8 Å². The van der Waals surface area contributed by atoms with E-state index in [0.717, 1.165) is 15.8 Å². The van der Waals surface area contributed by atoms with Crippen LogP contribution >= 0.6 is 23.1 Å². The smallest absolute Gasteiger partial charge is 0.223 e. The molecule has 0 aliphatic carbocycles. The fraction of sp³-hybridized carbons (Fsp3) is 0.0588. The molecule has 4 nitrogen and oxygen atoms in total. The van der Waals surface area contributed by atoms with E-state index in [2.05, 4.69) is 59.4 Å². The highest BCUT2D eigenvalue weighted by atomic mass is 32.2. The molecule has 2 aromatic carbocycles. The van der Waals surface area contributed by atoms with Gasteiger partial charge in [0.1, 0.15) is 10.6 Å². The van der Waals surface area contributed by atoms with E-state index in [1.54, 1.807) is 23.1 Å². The van der Waals surface area contributed by atoms with E-state index >= 15 is 0 Å². The van der Waals surface area contributed by atoms with Gasteiger partial charge >= 0.3 is 0 Å². The van der Waals surface area contributed by atoms with E-state index in [1.807, 2.05) is 0 Å². The highest BCUT2D eigenvalue weighted by Gasteiger charge is 2.15. The second-order valence-corrected chi connectivity index (χ2v) is 7.55. The van der Waals surface area contributed by atoms with Crippen molar-refractivity contribution in [1.29, 1.82) is 0 Å². The standard InChI is InChI=1S/C17H14N4S2/c1-9-13-14(18)20-17(19)21-15(13)23-16(9)22-12-8-4-6-10-5-2-3-7-11(10)12/h2-8H,1H3,(H4,18,19,20,21). The summed E-state index contributed by atoms with van der Waals surface area (Å²) in [4.78, 5) is 10.5. The molecule has 0 saturated carbocycles. The minimum absolute atomic E-state index is 0.220. The van der Waals surface area contributed by atoms with Crippen molar-refractivity contribution in [2.24, 2.45) is 0 Å². The second-order valence-electron chi connectivity index (χ2n) is 5.24. The van der Waals surface area contributed by atoms with Gasteiger partial charge < -0.3 is 11.5 Å². The Bertz CT molecular complexity index is 1030. The molecular weight excluding hydrogens is 324 g/mol. The van der Waals surface area contributed by atoms with Gasteiger partial charge in [-0.25, -0.2) is 4.98 Å². The van der Waals surface area contributed by atoms with Crippen LogP contribution in [-0.2, 0) is 0 Å². The highest BCUT2D eigenvalue weighted by Crippen LogP contribution is 2.43. The Kier molecular flexibility index (Phi) is 3.36. The molecule has 0 amide bonds. The lowest BCUT2D eigenvalue weighted by molar-refractivity contribution is 1.25. The number of hydrogen-bond acceptors (Lipinski definition) is 6. The molecule has 0 saturated heterocycles. The van der Waals surface area contributed by atoms with E-state index < -0.39 is 0 Å². The van der Waals surface area contributed by atoms with Gasteiger partial charge in [-0.1, -0.05) is 48.2 Å². The Hall–Kier alpha value is -2.31. The van der Waals surface area contributed by atoms with Crippen molar-refractivity contribution in [3.05, 3.63) is 48.0 Å². The molecule has 0 aliphatic rings. The number of hydrogen-bond donors (Lipinski definition) is 2. The normalized spacial score (nSPS) is 11.3. The van der Waals surface area contributed by atoms with Gasteiger partial charge in [-0.2, -0.15) is 4.98 Å². The van der Waals surface area contributed by atoms with Crippen LogP contribution in [0.3, 0.4) is 0 Å². The second kappa shape index (κ2) is 5.40. The number of aryl methyl sites for hydroxylation is 1. The summed E-state index contributed by atoms with van der Waals surface area (Å²) in [7, 11) is 0. The molecule has 0 aliphatic heterocycles. The number of nitrogens with zero attached hydrogens (tertiary/aromatic N) is 2. The summed E-state index contributed by atoms with van der Waals surface area (Å²) in [6, 6.07) is 14.7. The number of aromatic nitrogens is 2. The first kappa shape index (κ1) is 14.3. The third-order valence-corrected chi connectivity index (χ3v) is 6.29. The topological polar surface area (TPSA) is 77.8 Å². The third-order valence-electron chi connectivity index (χ3n) is 3.74. The van der Waals surface area contributed by atoms with E-state index in [4.69, 9.17) is 11.5 Å². The number of rotatable bonds is 2. The van der Waals surface area contributed by atoms with E-state index in [0.29, 0.717) is 5.82 Å². The van der Waals surface area contributed by atoms with Crippen molar-refractivity contribution >= 4 is 55.9 Å². The summed E-state index contributed by atoms with van der Waals surface area (Å²) in [6.07, 6.45) is 0. The molecule has 0 spiro atoms. The SMILES string of the molecule is Cc1c(Sc2cccc3ccccc23)sc2nc(N)nc(N)c12. The molecule has 0 unspecified atom stereocenters. The Morgan fingerprint density at radius 3 is 2.65 bits per heavy atom. The van der Waals surface area contributed by atoms with Crippen LogP contribution in [0.25, 0.3) is 21.0 Å². The molecule has 6 heteroatoms. The van der Waals surface area contributed by atoms with E-state index in [1.165, 1.54) is 19.9 Å². The monoisotopic (exact) mass is 338 g/mol. The van der Waals surface area contributed by atoms with Gasteiger partial charge in [0.2, 0.25) is 5.95 Å². The molecule has 4 aromatic rings. The predicted molar refractivity (Wildman–Crippen MR) is 99.0 cm³/mol. The molecule has 2 aromatic heterocycles. The van der Waals surface area contributed by atoms with Crippen LogP contribution in [0.5, 0.6) is 0 Å². The molecule has 0 bridgehead atoms. The first-order chi connectivity index (χ1) is 11.1. The predicted octanol–water partition coefficient (Wildman–Crippen LogP) is 4.47. The van der Waals surface area contributed by atoms with Gasteiger partial charge in [-0.3, -0.25) is 0 Å². The average molecular weight is 338 g/mol. The number of thiophene rings is 1.